The highest BCUT2D eigenvalue weighted by atomic mass is 16.5. The maximum atomic E-state index is 12.0. The van der Waals surface area contributed by atoms with E-state index in [0.29, 0.717) is 30.6 Å². The zero-order valence-corrected chi connectivity index (χ0v) is 11.9. The van der Waals surface area contributed by atoms with Gasteiger partial charge in [-0.15, -0.1) is 0 Å². The summed E-state index contributed by atoms with van der Waals surface area (Å²) in [4.78, 5) is 13.9. The van der Waals surface area contributed by atoms with Crippen molar-refractivity contribution in [3.05, 3.63) is 24.3 Å². The average molecular weight is 278 g/mol. The number of hydrogen-bond donors (Lipinski definition) is 1. The third-order valence-electron chi connectivity index (χ3n) is 3.62. The Balaban J connectivity index is 1.72. The smallest absolute Gasteiger partial charge is 0.226 e. The highest BCUT2D eigenvalue weighted by molar-refractivity contribution is 5.76. The number of benzene rings is 1. The molecule has 0 atom stereocenters. The second-order valence-electron chi connectivity index (χ2n) is 4.95. The predicted octanol–water partition coefficient (Wildman–Crippen LogP) is 1.68. The van der Waals surface area contributed by atoms with E-state index in [1.165, 1.54) is 0 Å². The van der Waals surface area contributed by atoms with Gasteiger partial charge in [-0.3, -0.25) is 4.79 Å². The third-order valence-corrected chi connectivity index (χ3v) is 3.62. The molecule has 110 valence electrons. The summed E-state index contributed by atoms with van der Waals surface area (Å²) in [6.45, 7) is 1.90. The highest BCUT2D eigenvalue weighted by Gasteiger charge is 2.22. The number of amides is 1. The first-order chi connectivity index (χ1) is 9.70. The molecule has 0 saturated carbocycles. The number of likely N-dealkylation sites (tertiary alicyclic amines) is 1. The van der Waals surface area contributed by atoms with E-state index in [4.69, 9.17) is 15.2 Å². The first kappa shape index (κ1) is 14.7. The number of nitrogen functional groups attached to an aromatic ring is 1. The minimum absolute atomic E-state index is 0.133. The summed E-state index contributed by atoms with van der Waals surface area (Å²) in [6, 6.07) is 7.31. The maximum Gasteiger partial charge on any atom is 0.226 e. The van der Waals surface area contributed by atoms with Crippen LogP contribution in [0, 0.1) is 0 Å². The number of nitrogens with two attached hydrogens (primary N) is 1. The molecule has 1 aromatic rings. The number of carbonyl (C=O) groups excluding carboxylic acids is 1. The van der Waals surface area contributed by atoms with Gasteiger partial charge < -0.3 is 20.1 Å². The van der Waals surface area contributed by atoms with Crippen LogP contribution >= 0.6 is 0 Å². The number of hydrogen-bond acceptors (Lipinski definition) is 4. The van der Waals surface area contributed by atoms with Crippen LogP contribution in [0.25, 0.3) is 0 Å². The topological polar surface area (TPSA) is 64.8 Å². The number of carbonyl (C=O) groups is 1. The van der Waals surface area contributed by atoms with E-state index in [1.807, 2.05) is 23.1 Å². The van der Waals surface area contributed by atoms with Crippen LogP contribution in [0.1, 0.15) is 19.3 Å². The monoisotopic (exact) mass is 278 g/mol. The minimum atomic E-state index is 0.133. The molecule has 2 N–H and O–H groups in total. The summed E-state index contributed by atoms with van der Waals surface area (Å²) >= 11 is 0. The van der Waals surface area contributed by atoms with Crippen molar-refractivity contribution >= 4 is 11.6 Å². The molecule has 2 rings (SSSR count). The van der Waals surface area contributed by atoms with Crippen molar-refractivity contribution in [1.29, 1.82) is 0 Å². The van der Waals surface area contributed by atoms with E-state index >= 15 is 0 Å². The molecule has 1 aliphatic rings. The van der Waals surface area contributed by atoms with Gasteiger partial charge in [-0.1, -0.05) is 12.1 Å². The number of methoxy groups -OCH3 is 1. The quantitative estimate of drug-likeness (QED) is 0.832. The standard InChI is InChI=1S/C15H22N2O3/c1-19-12-6-9-17(10-7-12)15(18)8-11-20-14-5-3-2-4-13(14)16/h2-5,12H,6-11,16H2,1H3. The third kappa shape index (κ3) is 3.87. The number of ether oxygens (including phenoxy) is 2. The number of anilines is 1. The molecule has 0 unspecified atom stereocenters. The van der Waals surface area contributed by atoms with Gasteiger partial charge in [0.15, 0.2) is 0 Å². The van der Waals surface area contributed by atoms with Crippen molar-refractivity contribution in [3.63, 3.8) is 0 Å². The van der Waals surface area contributed by atoms with Crippen LogP contribution in [0.2, 0.25) is 0 Å². The maximum absolute atomic E-state index is 12.0. The fourth-order valence-electron chi connectivity index (χ4n) is 2.36. The number of para-hydroxylation sites is 2. The zero-order chi connectivity index (χ0) is 14.4. The van der Waals surface area contributed by atoms with Gasteiger partial charge in [0.05, 0.1) is 24.8 Å². The summed E-state index contributed by atoms with van der Waals surface area (Å²) in [5, 5.41) is 0. The summed E-state index contributed by atoms with van der Waals surface area (Å²) in [6.07, 6.45) is 2.49. The van der Waals surface area contributed by atoms with E-state index in [1.54, 1.807) is 13.2 Å². The van der Waals surface area contributed by atoms with Gasteiger partial charge >= 0.3 is 0 Å². The van der Waals surface area contributed by atoms with Crippen molar-refractivity contribution < 1.29 is 14.3 Å². The Morgan fingerprint density at radius 3 is 2.70 bits per heavy atom. The molecule has 5 nitrogen and oxygen atoms in total. The Morgan fingerprint density at radius 1 is 1.35 bits per heavy atom. The van der Waals surface area contributed by atoms with Crippen LogP contribution in [-0.4, -0.2) is 43.7 Å². The molecule has 1 aliphatic heterocycles. The molecule has 1 amide bonds. The molecule has 0 spiro atoms. The van der Waals surface area contributed by atoms with E-state index in [0.717, 1.165) is 25.9 Å². The first-order valence-electron chi connectivity index (χ1n) is 6.98. The Hall–Kier alpha value is -1.75. The van der Waals surface area contributed by atoms with Crippen LogP contribution in [0.15, 0.2) is 24.3 Å². The van der Waals surface area contributed by atoms with Crippen molar-refractivity contribution in [2.24, 2.45) is 0 Å². The molecular formula is C15H22N2O3. The summed E-state index contributed by atoms with van der Waals surface area (Å²) < 4.78 is 10.8. The molecule has 1 saturated heterocycles. The molecule has 1 fully saturated rings. The molecule has 5 heteroatoms. The molecule has 0 bridgehead atoms. The molecule has 0 aromatic heterocycles. The lowest BCUT2D eigenvalue weighted by molar-refractivity contribution is -0.134. The van der Waals surface area contributed by atoms with Crippen LogP contribution in [0.5, 0.6) is 5.75 Å². The number of piperidine rings is 1. The highest BCUT2D eigenvalue weighted by Crippen LogP contribution is 2.20. The predicted molar refractivity (Wildman–Crippen MR) is 77.6 cm³/mol. The number of nitrogens with zero attached hydrogens (tertiary/aromatic N) is 1. The summed E-state index contributed by atoms with van der Waals surface area (Å²) in [5.41, 5.74) is 6.37. The van der Waals surface area contributed by atoms with Gasteiger partial charge in [-0.25, -0.2) is 0 Å². The SMILES string of the molecule is COC1CCN(C(=O)CCOc2ccccc2N)CC1. The van der Waals surface area contributed by atoms with E-state index in [2.05, 4.69) is 0 Å². The Kier molecular flexibility index (Phi) is 5.24. The Labute approximate surface area is 119 Å². The van der Waals surface area contributed by atoms with Crippen molar-refractivity contribution in [2.75, 3.05) is 32.5 Å². The molecule has 20 heavy (non-hydrogen) atoms. The Bertz CT molecular complexity index is 442. The van der Waals surface area contributed by atoms with Crippen molar-refractivity contribution in [3.8, 4) is 5.75 Å². The lowest BCUT2D eigenvalue weighted by Gasteiger charge is -2.31. The molecular weight excluding hydrogens is 256 g/mol. The minimum Gasteiger partial charge on any atom is -0.491 e. The number of rotatable bonds is 5. The van der Waals surface area contributed by atoms with Gasteiger partial charge in [0, 0.05) is 20.2 Å². The largest absolute Gasteiger partial charge is 0.491 e. The lowest BCUT2D eigenvalue weighted by Crippen LogP contribution is -2.41. The van der Waals surface area contributed by atoms with Gasteiger partial charge in [-0.05, 0) is 25.0 Å². The average Bonchev–Trinajstić information content (AvgIpc) is 2.49. The van der Waals surface area contributed by atoms with E-state index in [9.17, 15) is 4.79 Å². The van der Waals surface area contributed by atoms with Crippen LogP contribution < -0.4 is 10.5 Å². The normalized spacial score (nSPS) is 16.1. The van der Waals surface area contributed by atoms with Crippen molar-refractivity contribution in [2.45, 2.75) is 25.4 Å². The molecule has 0 aliphatic carbocycles. The lowest BCUT2D eigenvalue weighted by atomic mass is 10.1. The van der Waals surface area contributed by atoms with E-state index < -0.39 is 0 Å². The van der Waals surface area contributed by atoms with Crippen molar-refractivity contribution in [1.82, 2.24) is 4.90 Å². The molecule has 0 radical (unpaired) electrons. The fourth-order valence-corrected chi connectivity index (χ4v) is 2.36. The van der Waals surface area contributed by atoms with Crippen LogP contribution in [0.3, 0.4) is 0 Å². The fraction of sp³-hybridized carbons (Fsp3) is 0.533. The van der Waals surface area contributed by atoms with E-state index in [-0.39, 0.29) is 5.91 Å². The van der Waals surface area contributed by atoms with Crippen LogP contribution in [0.4, 0.5) is 5.69 Å². The van der Waals surface area contributed by atoms with Gasteiger partial charge in [0.1, 0.15) is 5.75 Å². The first-order valence-corrected chi connectivity index (χ1v) is 6.98. The van der Waals surface area contributed by atoms with Gasteiger partial charge in [0.25, 0.3) is 0 Å². The van der Waals surface area contributed by atoms with Gasteiger partial charge in [0.2, 0.25) is 5.91 Å². The Morgan fingerprint density at radius 2 is 2.05 bits per heavy atom. The van der Waals surface area contributed by atoms with Crippen LogP contribution in [-0.2, 0) is 9.53 Å². The summed E-state index contributed by atoms with van der Waals surface area (Å²) in [5.74, 6) is 0.771. The second-order valence-corrected chi connectivity index (χ2v) is 4.95. The van der Waals surface area contributed by atoms with Gasteiger partial charge in [-0.2, -0.15) is 0 Å². The molecule has 1 aromatic carbocycles. The zero-order valence-electron chi connectivity index (χ0n) is 11.9. The second kappa shape index (κ2) is 7.14. The molecule has 1 heterocycles. The summed E-state index contributed by atoms with van der Waals surface area (Å²) in [7, 11) is 1.72.